The molecule has 0 radical (unpaired) electrons. The normalized spacial score (nSPS) is 10.4. The molecule has 3 nitrogen and oxygen atoms in total. The molecule has 2 rings (SSSR count). The van der Waals surface area contributed by atoms with Crippen LogP contribution in [0.4, 0.5) is 5.69 Å². The largest absolute Gasteiger partial charge is 0.506 e. The third kappa shape index (κ3) is 2.90. The zero-order valence-electron chi connectivity index (χ0n) is 8.71. The zero-order chi connectivity index (χ0) is 13.3. The summed E-state index contributed by atoms with van der Waals surface area (Å²) in [4.78, 5) is 11.9. The van der Waals surface area contributed by atoms with Crippen molar-refractivity contribution in [2.75, 3.05) is 5.32 Å². The van der Waals surface area contributed by atoms with Crippen LogP contribution in [0.15, 0.2) is 24.3 Å². The Morgan fingerprint density at radius 3 is 2.50 bits per heavy atom. The molecular formula is C11H6Cl3NO2S. The highest BCUT2D eigenvalue weighted by Crippen LogP contribution is 2.32. The van der Waals surface area contributed by atoms with Gasteiger partial charge in [-0.05, 0) is 18.2 Å². The molecule has 0 fully saturated rings. The highest BCUT2D eigenvalue weighted by atomic mass is 35.5. The van der Waals surface area contributed by atoms with Crippen molar-refractivity contribution in [3.05, 3.63) is 43.5 Å². The van der Waals surface area contributed by atoms with Crippen LogP contribution < -0.4 is 5.32 Å². The number of thiophene rings is 1. The van der Waals surface area contributed by atoms with Gasteiger partial charge in [0.1, 0.15) is 10.1 Å². The number of halogens is 3. The molecule has 1 heterocycles. The molecule has 2 aromatic rings. The fraction of sp³-hybridized carbons (Fsp3) is 0. The lowest BCUT2D eigenvalue weighted by Crippen LogP contribution is -2.11. The van der Waals surface area contributed by atoms with Crippen molar-refractivity contribution < 1.29 is 9.90 Å². The maximum Gasteiger partial charge on any atom is 0.258 e. The van der Waals surface area contributed by atoms with Gasteiger partial charge in [-0.2, -0.15) is 0 Å². The molecule has 0 aliphatic rings. The fourth-order valence-electron chi connectivity index (χ4n) is 1.28. The van der Waals surface area contributed by atoms with Crippen molar-refractivity contribution >= 4 is 57.7 Å². The second-order valence-corrected chi connectivity index (χ2v) is 6.05. The predicted molar refractivity (Wildman–Crippen MR) is 75.4 cm³/mol. The average molecular weight is 323 g/mol. The highest BCUT2D eigenvalue weighted by Gasteiger charge is 2.14. The van der Waals surface area contributed by atoms with Gasteiger partial charge in [0.25, 0.3) is 5.91 Å². The van der Waals surface area contributed by atoms with E-state index in [2.05, 4.69) is 5.32 Å². The van der Waals surface area contributed by atoms with Crippen molar-refractivity contribution in [2.45, 2.75) is 0 Å². The molecule has 0 aliphatic heterocycles. The maximum atomic E-state index is 11.9. The molecule has 1 amide bonds. The van der Waals surface area contributed by atoms with Crippen LogP contribution in [-0.2, 0) is 0 Å². The first-order chi connectivity index (χ1) is 8.47. The third-order valence-electron chi connectivity index (χ3n) is 2.11. The van der Waals surface area contributed by atoms with Gasteiger partial charge in [-0.25, -0.2) is 0 Å². The summed E-state index contributed by atoms with van der Waals surface area (Å²) in [5.41, 5.74) is 0.710. The lowest BCUT2D eigenvalue weighted by atomic mass is 10.2. The van der Waals surface area contributed by atoms with Crippen molar-refractivity contribution in [2.24, 2.45) is 0 Å². The Kier molecular flexibility index (Phi) is 4.02. The standard InChI is InChI=1S/C11H6Cl3NO2S/c12-7-2-1-5(3-8(7)16)15-11(17)6-4-9(13)18-10(6)14/h1-4,16H,(H,15,17). The van der Waals surface area contributed by atoms with Crippen LogP contribution in [0.5, 0.6) is 5.75 Å². The summed E-state index contributed by atoms with van der Waals surface area (Å²) in [7, 11) is 0. The molecule has 0 saturated heterocycles. The van der Waals surface area contributed by atoms with Gasteiger partial charge in [-0.3, -0.25) is 4.79 Å². The smallest absolute Gasteiger partial charge is 0.258 e. The van der Waals surface area contributed by atoms with Gasteiger partial charge in [0.15, 0.2) is 0 Å². The summed E-state index contributed by atoms with van der Waals surface area (Å²) in [6.45, 7) is 0. The molecule has 0 unspecified atom stereocenters. The van der Waals surface area contributed by atoms with E-state index in [9.17, 15) is 9.90 Å². The first-order valence-corrected chi connectivity index (χ1v) is 6.67. The lowest BCUT2D eigenvalue weighted by Gasteiger charge is -2.05. The molecule has 0 aliphatic carbocycles. The van der Waals surface area contributed by atoms with Crippen molar-refractivity contribution in [3.63, 3.8) is 0 Å². The maximum absolute atomic E-state index is 11.9. The topological polar surface area (TPSA) is 49.3 Å². The van der Waals surface area contributed by atoms with E-state index < -0.39 is 5.91 Å². The van der Waals surface area contributed by atoms with Gasteiger partial charge >= 0.3 is 0 Å². The highest BCUT2D eigenvalue weighted by molar-refractivity contribution is 7.20. The number of anilines is 1. The van der Waals surface area contributed by atoms with E-state index >= 15 is 0 Å². The van der Waals surface area contributed by atoms with Crippen LogP contribution in [0, 0.1) is 0 Å². The molecule has 0 atom stereocenters. The Hall–Kier alpha value is -0.940. The van der Waals surface area contributed by atoms with Gasteiger partial charge in [0.05, 0.1) is 14.9 Å². The Morgan fingerprint density at radius 1 is 1.22 bits per heavy atom. The Morgan fingerprint density at radius 2 is 1.94 bits per heavy atom. The monoisotopic (exact) mass is 321 g/mol. The van der Waals surface area contributed by atoms with Gasteiger partial charge < -0.3 is 10.4 Å². The van der Waals surface area contributed by atoms with E-state index in [4.69, 9.17) is 34.8 Å². The fourth-order valence-corrected chi connectivity index (χ4v) is 2.86. The van der Waals surface area contributed by atoms with Crippen LogP contribution in [0.1, 0.15) is 10.4 Å². The van der Waals surface area contributed by atoms with Crippen LogP contribution in [0.25, 0.3) is 0 Å². The van der Waals surface area contributed by atoms with Crippen LogP contribution >= 0.6 is 46.1 Å². The SMILES string of the molecule is O=C(Nc1ccc(Cl)c(O)c1)c1cc(Cl)sc1Cl. The van der Waals surface area contributed by atoms with Gasteiger partial charge in [0.2, 0.25) is 0 Å². The van der Waals surface area contributed by atoms with Gasteiger partial charge in [-0.15, -0.1) is 11.3 Å². The molecule has 2 N–H and O–H groups in total. The summed E-state index contributed by atoms with van der Waals surface area (Å²) in [5.74, 6) is -0.506. The van der Waals surface area contributed by atoms with Crippen molar-refractivity contribution in [1.29, 1.82) is 0 Å². The van der Waals surface area contributed by atoms with E-state index in [1.165, 1.54) is 18.2 Å². The number of aromatic hydroxyl groups is 1. The summed E-state index contributed by atoms with van der Waals surface area (Å²) in [6, 6.07) is 5.89. The van der Waals surface area contributed by atoms with E-state index in [1.807, 2.05) is 0 Å². The summed E-state index contributed by atoms with van der Waals surface area (Å²) >= 11 is 18.4. The summed E-state index contributed by atoms with van der Waals surface area (Å²) in [6.07, 6.45) is 0. The number of hydrogen-bond acceptors (Lipinski definition) is 3. The molecule has 0 bridgehead atoms. The molecule has 1 aromatic heterocycles. The Labute approximate surface area is 122 Å². The number of carbonyl (C=O) groups excluding carboxylic acids is 1. The van der Waals surface area contributed by atoms with Gasteiger partial charge in [-0.1, -0.05) is 34.8 Å². The molecule has 18 heavy (non-hydrogen) atoms. The van der Waals surface area contributed by atoms with Crippen molar-refractivity contribution in [3.8, 4) is 5.75 Å². The molecule has 94 valence electrons. The van der Waals surface area contributed by atoms with Crippen LogP contribution in [0.2, 0.25) is 13.7 Å². The molecular weight excluding hydrogens is 317 g/mol. The molecule has 0 spiro atoms. The van der Waals surface area contributed by atoms with Crippen LogP contribution in [0.3, 0.4) is 0 Å². The number of benzene rings is 1. The average Bonchev–Trinajstić information content (AvgIpc) is 2.63. The minimum Gasteiger partial charge on any atom is -0.506 e. The van der Waals surface area contributed by atoms with E-state index in [1.54, 1.807) is 6.07 Å². The van der Waals surface area contributed by atoms with E-state index in [0.717, 1.165) is 11.3 Å². The number of rotatable bonds is 2. The van der Waals surface area contributed by atoms with Gasteiger partial charge in [0, 0.05) is 11.8 Å². The Bertz CT molecular complexity index is 612. The van der Waals surface area contributed by atoms with E-state index in [-0.39, 0.29) is 10.8 Å². The summed E-state index contributed by atoms with van der Waals surface area (Å²) < 4.78 is 0.750. The van der Waals surface area contributed by atoms with Crippen molar-refractivity contribution in [1.82, 2.24) is 0 Å². The second-order valence-electron chi connectivity index (χ2n) is 3.36. The minimum absolute atomic E-state index is 0.107. The number of carbonyl (C=O) groups is 1. The Balaban J connectivity index is 2.21. The summed E-state index contributed by atoms with van der Waals surface area (Å²) in [5, 5.41) is 12.2. The lowest BCUT2D eigenvalue weighted by molar-refractivity contribution is 0.102. The first kappa shape index (κ1) is 13.5. The number of phenols is 1. The predicted octanol–water partition coefficient (Wildman–Crippen LogP) is 4.67. The number of nitrogens with one attached hydrogen (secondary N) is 1. The minimum atomic E-state index is -0.398. The first-order valence-electron chi connectivity index (χ1n) is 4.72. The number of hydrogen-bond donors (Lipinski definition) is 2. The number of amides is 1. The number of phenolic OH excluding ortho intramolecular Hbond substituents is 1. The quantitative estimate of drug-likeness (QED) is 0.844. The molecule has 1 aromatic carbocycles. The molecule has 0 saturated carbocycles. The van der Waals surface area contributed by atoms with Crippen LogP contribution in [-0.4, -0.2) is 11.0 Å². The zero-order valence-corrected chi connectivity index (χ0v) is 11.8. The van der Waals surface area contributed by atoms with E-state index in [0.29, 0.717) is 19.9 Å². The third-order valence-corrected chi connectivity index (χ3v) is 3.91. The molecule has 7 heteroatoms. The second kappa shape index (κ2) is 5.36.